The van der Waals surface area contributed by atoms with Crippen LogP contribution >= 0.6 is 22.6 Å². The molecule has 8 heteroatoms. The number of amides is 1. The Morgan fingerprint density at radius 2 is 2.10 bits per heavy atom. The van der Waals surface area contributed by atoms with Crippen molar-refractivity contribution in [2.24, 2.45) is 5.10 Å². The lowest BCUT2D eigenvalue weighted by molar-refractivity contribution is -0.402. The van der Waals surface area contributed by atoms with Gasteiger partial charge in [-0.1, -0.05) is 12.1 Å². The number of hydrazone groups is 1. The van der Waals surface area contributed by atoms with E-state index in [1.165, 1.54) is 18.3 Å². The lowest BCUT2D eigenvalue weighted by atomic mass is 10.2. The zero-order valence-electron chi connectivity index (χ0n) is 9.95. The van der Waals surface area contributed by atoms with Crippen molar-refractivity contribution in [2.45, 2.75) is 0 Å². The Labute approximate surface area is 127 Å². The molecule has 1 N–H and O–H groups in total. The molecule has 0 spiro atoms. The van der Waals surface area contributed by atoms with Crippen LogP contribution in [-0.2, 0) is 0 Å². The smallest absolute Gasteiger partial charge is 0.400 e. The normalized spacial score (nSPS) is 10.7. The molecule has 1 amide bonds. The highest BCUT2D eigenvalue weighted by Crippen LogP contribution is 2.14. The van der Waals surface area contributed by atoms with Crippen molar-refractivity contribution in [2.75, 3.05) is 0 Å². The van der Waals surface area contributed by atoms with E-state index in [0.29, 0.717) is 5.56 Å². The van der Waals surface area contributed by atoms with Crippen molar-refractivity contribution in [3.8, 4) is 0 Å². The molecule has 0 bridgehead atoms. The molecular formula is C12H8IN3O4. The van der Waals surface area contributed by atoms with Crippen LogP contribution in [0, 0.1) is 13.7 Å². The molecule has 1 aromatic heterocycles. The van der Waals surface area contributed by atoms with E-state index in [1.54, 1.807) is 18.2 Å². The van der Waals surface area contributed by atoms with Crippen LogP contribution in [0.5, 0.6) is 0 Å². The molecule has 2 rings (SSSR count). The average Bonchev–Trinajstić information content (AvgIpc) is 2.88. The van der Waals surface area contributed by atoms with Gasteiger partial charge in [0.25, 0.3) is 5.91 Å². The molecule has 0 aliphatic rings. The second kappa shape index (κ2) is 6.28. The minimum Gasteiger partial charge on any atom is -0.400 e. The van der Waals surface area contributed by atoms with Crippen LogP contribution < -0.4 is 5.43 Å². The van der Waals surface area contributed by atoms with Crippen LogP contribution in [0.1, 0.15) is 16.1 Å². The Balaban J connectivity index is 2.01. The SMILES string of the molecule is O=C(N/N=C\c1ccc([N+](=O)[O-])o1)c1ccccc1I. The molecule has 0 saturated heterocycles. The Bertz CT molecular complexity index is 681. The van der Waals surface area contributed by atoms with Gasteiger partial charge in [0, 0.05) is 3.57 Å². The van der Waals surface area contributed by atoms with Crippen LogP contribution in [0.3, 0.4) is 0 Å². The number of rotatable bonds is 4. The number of furan rings is 1. The van der Waals surface area contributed by atoms with Crippen LogP contribution in [-0.4, -0.2) is 17.0 Å². The monoisotopic (exact) mass is 385 g/mol. The van der Waals surface area contributed by atoms with Crippen molar-refractivity contribution >= 4 is 40.6 Å². The number of hydrogen-bond donors (Lipinski definition) is 1. The molecule has 0 unspecified atom stereocenters. The van der Waals surface area contributed by atoms with Gasteiger partial charge in [0.05, 0.1) is 17.8 Å². The molecule has 7 nitrogen and oxygen atoms in total. The van der Waals surface area contributed by atoms with Crippen LogP contribution in [0.4, 0.5) is 5.88 Å². The van der Waals surface area contributed by atoms with Gasteiger partial charge in [0.1, 0.15) is 4.92 Å². The van der Waals surface area contributed by atoms with Gasteiger partial charge >= 0.3 is 5.88 Å². The highest BCUT2D eigenvalue weighted by atomic mass is 127. The van der Waals surface area contributed by atoms with Gasteiger partial charge < -0.3 is 4.42 Å². The standard InChI is InChI=1S/C12H8IN3O4/c13-10-4-2-1-3-9(10)12(17)15-14-7-8-5-6-11(20-8)16(18)19/h1-7H,(H,15,17)/b14-7-. The minimum atomic E-state index is -0.651. The molecule has 0 radical (unpaired) electrons. The summed E-state index contributed by atoms with van der Waals surface area (Å²) in [6.45, 7) is 0. The Kier molecular flexibility index (Phi) is 4.45. The van der Waals surface area contributed by atoms with Gasteiger partial charge in [-0.05, 0) is 40.8 Å². The van der Waals surface area contributed by atoms with Crippen LogP contribution in [0.2, 0.25) is 0 Å². The predicted molar refractivity (Wildman–Crippen MR) is 79.6 cm³/mol. The van der Waals surface area contributed by atoms with Crippen molar-refractivity contribution < 1.29 is 14.1 Å². The second-order valence-corrected chi connectivity index (χ2v) is 4.77. The molecule has 2 aromatic rings. The van der Waals surface area contributed by atoms with E-state index in [2.05, 4.69) is 10.5 Å². The van der Waals surface area contributed by atoms with E-state index in [9.17, 15) is 14.9 Å². The summed E-state index contributed by atoms with van der Waals surface area (Å²) in [4.78, 5) is 21.6. The molecule has 20 heavy (non-hydrogen) atoms. The first-order valence-electron chi connectivity index (χ1n) is 5.40. The maximum atomic E-state index is 11.8. The summed E-state index contributed by atoms with van der Waals surface area (Å²) in [6.07, 6.45) is 1.20. The van der Waals surface area contributed by atoms with Crippen LogP contribution in [0.15, 0.2) is 45.9 Å². The Morgan fingerprint density at radius 1 is 1.35 bits per heavy atom. The maximum Gasteiger partial charge on any atom is 0.433 e. The molecule has 1 heterocycles. The zero-order chi connectivity index (χ0) is 14.5. The van der Waals surface area contributed by atoms with E-state index < -0.39 is 4.92 Å². The summed E-state index contributed by atoms with van der Waals surface area (Å²) >= 11 is 2.04. The van der Waals surface area contributed by atoms with E-state index in [0.717, 1.165) is 3.57 Å². The van der Waals surface area contributed by atoms with Gasteiger partial charge in [0.2, 0.25) is 0 Å². The number of nitrogens with zero attached hydrogens (tertiary/aromatic N) is 2. The third-order valence-corrected chi connectivity index (χ3v) is 3.21. The van der Waals surface area contributed by atoms with E-state index in [-0.39, 0.29) is 17.6 Å². The Morgan fingerprint density at radius 3 is 2.75 bits per heavy atom. The highest BCUT2D eigenvalue weighted by molar-refractivity contribution is 14.1. The van der Waals surface area contributed by atoms with Gasteiger partial charge in [-0.3, -0.25) is 14.9 Å². The highest BCUT2D eigenvalue weighted by Gasteiger charge is 2.11. The summed E-state index contributed by atoms with van der Waals surface area (Å²) in [7, 11) is 0. The summed E-state index contributed by atoms with van der Waals surface area (Å²) in [6, 6.07) is 9.64. The molecule has 102 valence electrons. The molecular weight excluding hydrogens is 377 g/mol. The first-order valence-corrected chi connectivity index (χ1v) is 6.48. The molecule has 0 fully saturated rings. The fourth-order valence-corrected chi connectivity index (χ4v) is 2.00. The van der Waals surface area contributed by atoms with Gasteiger partial charge in [-0.15, -0.1) is 0 Å². The molecule has 0 saturated carbocycles. The zero-order valence-corrected chi connectivity index (χ0v) is 12.1. The molecule has 1 aromatic carbocycles. The largest absolute Gasteiger partial charge is 0.433 e. The lowest BCUT2D eigenvalue weighted by Gasteiger charge is -2.01. The summed E-state index contributed by atoms with van der Waals surface area (Å²) in [5.74, 6) is -0.567. The number of halogens is 1. The van der Waals surface area contributed by atoms with Gasteiger partial charge in [-0.25, -0.2) is 5.43 Å². The van der Waals surface area contributed by atoms with Gasteiger partial charge in [-0.2, -0.15) is 5.10 Å². The van der Waals surface area contributed by atoms with Crippen molar-refractivity contribution in [3.63, 3.8) is 0 Å². The van der Waals surface area contributed by atoms with Crippen molar-refractivity contribution in [3.05, 3.63) is 61.4 Å². The Hall–Kier alpha value is -2.23. The number of benzene rings is 1. The lowest BCUT2D eigenvalue weighted by Crippen LogP contribution is -2.18. The minimum absolute atomic E-state index is 0.180. The molecule has 0 aliphatic heterocycles. The number of carbonyl (C=O) groups is 1. The van der Waals surface area contributed by atoms with Crippen molar-refractivity contribution in [1.82, 2.24) is 5.43 Å². The predicted octanol–water partition coefficient (Wildman–Crippen LogP) is 2.56. The fraction of sp³-hybridized carbons (Fsp3) is 0. The summed E-state index contributed by atoms with van der Waals surface area (Å²) in [5.41, 5.74) is 2.82. The number of nitrogens with one attached hydrogen (secondary N) is 1. The van der Waals surface area contributed by atoms with E-state index >= 15 is 0 Å². The third-order valence-electron chi connectivity index (χ3n) is 2.27. The first-order chi connectivity index (χ1) is 9.58. The average molecular weight is 385 g/mol. The summed E-state index contributed by atoms with van der Waals surface area (Å²) < 4.78 is 5.65. The maximum absolute atomic E-state index is 11.8. The summed E-state index contributed by atoms with van der Waals surface area (Å²) in [5, 5.41) is 14.1. The quantitative estimate of drug-likeness (QED) is 0.379. The van der Waals surface area contributed by atoms with Crippen molar-refractivity contribution in [1.29, 1.82) is 0 Å². The van der Waals surface area contributed by atoms with Gasteiger partial charge in [0.15, 0.2) is 5.76 Å². The second-order valence-electron chi connectivity index (χ2n) is 3.61. The first kappa shape index (κ1) is 14.2. The number of nitro groups is 1. The topological polar surface area (TPSA) is 97.7 Å². The number of hydrogen-bond acceptors (Lipinski definition) is 5. The third kappa shape index (κ3) is 3.41. The molecule has 0 atom stereocenters. The van der Waals surface area contributed by atoms with Crippen LogP contribution in [0.25, 0.3) is 0 Å². The molecule has 0 aliphatic carbocycles. The fourth-order valence-electron chi connectivity index (χ4n) is 1.37. The van der Waals surface area contributed by atoms with E-state index in [1.807, 2.05) is 28.7 Å². The number of carbonyl (C=O) groups excluding carboxylic acids is 1. The van der Waals surface area contributed by atoms with E-state index in [4.69, 9.17) is 4.42 Å².